The van der Waals surface area contributed by atoms with Gasteiger partial charge in [0.15, 0.2) is 0 Å². The summed E-state index contributed by atoms with van der Waals surface area (Å²) in [6.07, 6.45) is -1.93. The molecule has 0 spiro atoms. The molecule has 3 aliphatic heterocycles. The normalized spacial score (nSPS) is 27.7. The highest BCUT2D eigenvalue weighted by molar-refractivity contribution is 6.32. The smallest absolute Gasteiger partial charge is 0.508 e. The number of carbonyl (C=O) groups is 4. The average molecular weight is 810 g/mol. The zero-order valence-corrected chi connectivity index (χ0v) is 31.9. The largest absolute Gasteiger partial charge is 0.573 e. The predicted octanol–water partition coefficient (Wildman–Crippen LogP) is 7.77. The van der Waals surface area contributed by atoms with Gasteiger partial charge in [0.25, 0.3) is 0 Å². The third-order valence-corrected chi connectivity index (χ3v) is 13.2. The molecule has 5 aliphatic rings. The number of allylic oxidation sites excluding steroid dienone is 2. The van der Waals surface area contributed by atoms with Gasteiger partial charge in [0, 0.05) is 42.2 Å². The number of amides is 4. The number of fused-ring (bicyclic) bond motifs is 4. The maximum Gasteiger partial charge on any atom is 0.573 e. The van der Waals surface area contributed by atoms with Crippen LogP contribution in [0.1, 0.15) is 48.3 Å². The highest BCUT2D eigenvalue weighted by Crippen LogP contribution is 2.65. The number of piperidine rings is 1. The minimum absolute atomic E-state index is 0.00190. The average Bonchev–Trinajstić information content (AvgIpc) is 3.60. The second-order valence-electron chi connectivity index (χ2n) is 15.9. The van der Waals surface area contributed by atoms with Crippen LogP contribution < -0.4 is 9.64 Å². The Labute approximate surface area is 337 Å². The fourth-order valence-corrected chi connectivity index (χ4v) is 10.8. The van der Waals surface area contributed by atoms with Crippen LogP contribution in [0.15, 0.2) is 115 Å². The molecule has 4 aromatic rings. The maximum atomic E-state index is 15.4. The van der Waals surface area contributed by atoms with E-state index in [1.165, 1.54) is 16.5 Å². The Balaban J connectivity index is 1.15. The van der Waals surface area contributed by atoms with Crippen LogP contribution in [0.2, 0.25) is 5.02 Å². The van der Waals surface area contributed by atoms with Crippen LogP contribution in [0.5, 0.6) is 11.5 Å². The van der Waals surface area contributed by atoms with E-state index in [2.05, 4.69) is 21.8 Å². The number of hydrogen-bond acceptors (Lipinski definition) is 7. The van der Waals surface area contributed by atoms with Crippen LogP contribution in [0.25, 0.3) is 0 Å². The molecule has 9 rings (SSSR count). The van der Waals surface area contributed by atoms with Crippen molar-refractivity contribution in [3.05, 3.63) is 136 Å². The Bertz CT molecular complexity index is 2330. The number of halogens is 4. The molecule has 6 atom stereocenters. The molecule has 58 heavy (non-hydrogen) atoms. The van der Waals surface area contributed by atoms with E-state index in [0.717, 1.165) is 29.6 Å². The standard InChI is InChI=1S/C45H39ClF3N3O6/c46-28-12-7-13-30(22-28)52-41(55)36-24-34-32(15-16-33-38(34)42(56)51(40(33)54)29-18-20-50(21-19-29)25-26-8-3-1-4-9-26)39(44(36,43(52)57)27-10-5-2-6-11-27)35-23-31(14-17-37(35)53)58-45(47,48)49/h1-15,17,22-23,29,33-34,36,38-39,53H,16,18-21,24-25H2/t33-,34+,36-,38-,39+,44+/m0/s1. The summed E-state index contributed by atoms with van der Waals surface area (Å²) in [4.78, 5) is 64.3. The number of imide groups is 2. The molecule has 0 bridgehead atoms. The number of alkyl halides is 3. The molecular formula is C45H39ClF3N3O6. The molecule has 298 valence electrons. The van der Waals surface area contributed by atoms with Crippen LogP contribution in [0.3, 0.4) is 0 Å². The topological polar surface area (TPSA) is 107 Å². The lowest BCUT2D eigenvalue weighted by Crippen LogP contribution is -2.53. The number of benzene rings is 4. The van der Waals surface area contributed by atoms with Gasteiger partial charge in [-0.3, -0.25) is 29.0 Å². The first-order valence-corrected chi connectivity index (χ1v) is 19.9. The Morgan fingerprint density at radius 1 is 0.810 bits per heavy atom. The highest BCUT2D eigenvalue weighted by atomic mass is 35.5. The number of anilines is 1. The van der Waals surface area contributed by atoms with Crippen LogP contribution in [0.4, 0.5) is 18.9 Å². The number of carbonyl (C=O) groups excluding carboxylic acids is 4. The molecule has 4 fully saturated rings. The number of ether oxygens (including phenoxy) is 1. The molecule has 0 radical (unpaired) electrons. The molecule has 9 nitrogen and oxygen atoms in total. The minimum atomic E-state index is -5.07. The molecule has 2 aliphatic carbocycles. The molecule has 1 saturated carbocycles. The molecule has 1 N–H and O–H groups in total. The van der Waals surface area contributed by atoms with Gasteiger partial charge in [0.05, 0.1) is 28.9 Å². The van der Waals surface area contributed by atoms with Crippen LogP contribution in [-0.4, -0.2) is 64.0 Å². The number of nitrogens with zero attached hydrogens (tertiary/aromatic N) is 3. The zero-order chi connectivity index (χ0) is 40.5. The van der Waals surface area contributed by atoms with Crippen molar-refractivity contribution in [3.63, 3.8) is 0 Å². The van der Waals surface area contributed by atoms with Crippen molar-refractivity contribution in [2.45, 2.75) is 56.0 Å². The number of phenols is 1. The van der Waals surface area contributed by atoms with Crippen molar-refractivity contribution in [2.24, 2.45) is 23.7 Å². The molecule has 4 aromatic carbocycles. The van der Waals surface area contributed by atoms with E-state index in [1.54, 1.807) is 48.5 Å². The number of phenolic OH excluding ortho intramolecular Hbond substituents is 1. The molecule has 3 heterocycles. The van der Waals surface area contributed by atoms with Crippen molar-refractivity contribution in [1.82, 2.24) is 9.80 Å². The first-order valence-electron chi connectivity index (χ1n) is 19.5. The maximum absolute atomic E-state index is 15.4. The van der Waals surface area contributed by atoms with E-state index in [1.807, 2.05) is 24.3 Å². The van der Waals surface area contributed by atoms with Gasteiger partial charge < -0.3 is 9.84 Å². The number of likely N-dealkylation sites (tertiary alicyclic amines) is 2. The second-order valence-corrected chi connectivity index (χ2v) is 16.3. The van der Waals surface area contributed by atoms with Crippen LogP contribution >= 0.6 is 11.6 Å². The summed E-state index contributed by atoms with van der Waals surface area (Å²) in [6.45, 7) is 2.13. The summed E-state index contributed by atoms with van der Waals surface area (Å²) in [5.41, 5.74) is 0.438. The molecular weight excluding hydrogens is 771 g/mol. The van der Waals surface area contributed by atoms with Gasteiger partial charge in [0.2, 0.25) is 23.6 Å². The third-order valence-electron chi connectivity index (χ3n) is 12.9. The fraction of sp³-hybridized carbons (Fsp3) is 0.333. The van der Waals surface area contributed by atoms with Gasteiger partial charge >= 0.3 is 6.36 Å². The van der Waals surface area contributed by atoms with Gasteiger partial charge in [-0.1, -0.05) is 90.0 Å². The molecule has 13 heteroatoms. The lowest BCUT2D eigenvalue weighted by atomic mass is 9.49. The minimum Gasteiger partial charge on any atom is -0.508 e. The summed E-state index contributed by atoms with van der Waals surface area (Å²) in [6, 6.07) is 27.7. The third kappa shape index (κ3) is 6.19. The monoisotopic (exact) mass is 809 g/mol. The summed E-state index contributed by atoms with van der Waals surface area (Å²) >= 11 is 6.38. The van der Waals surface area contributed by atoms with Gasteiger partial charge in [0.1, 0.15) is 11.5 Å². The summed E-state index contributed by atoms with van der Waals surface area (Å²) < 4.78 is 45.3. The van der Waals surface area contributed by atoms with E-state index < -0.39 is 64.7 Å². The summed E-state index contributed by atoms with van der Waals surface area (Å²) in [5.74, 6) is -7.66. The Kier molecular flexibility index (Phi) is 9.47. The lowest BCUT2D eigenvalue weighted by molar-refractivity contribution is -0.274. The number of hydrogen-bond donors (Lipinski definition) is 1. The van der Waals surface area contributed by atoms with Gasteiger partial charge in [-0.15, -0.1) is 13.2 Å². The van der Waals surface area contributed by atoms with Crippen molar-refractivity contribution in [3.8, 4) is 11.5 Å². The molecule has 0 unspecified atom stereocenters. The van der Waals surface area contributed by atoms with Crippen molar-refractivity contribution in [1.29, 1.82) is 0 Å². The van der Waals surface area contributed by atoms with Crippen LogP contribution in [-0.2, 0) is 31.1 Å². The lowest BCUT2D eigenvalue weighted by Gasteiger charge is -2.50. The fourth-order valence-electron chi connectivity index (χ4n) is 10.6. The Morgan fingerprint density at radius 3 is 2.21 bits per heavy atom. The van der Waals surface area contributed by atoms with E-state index in [0.29, 0.717) is 37.1 Å². The van der Waals surface area contributed by atoms with E-state index in [9.17, 15) is 32.7 Å². The molecule has 4 amide bonds. The molecule has 3 saturated heterocycles. The first-order chi connectivity index (χ1) is 27.9. The zero-order valence-electron chi connectivity index (χ0n) is 31.1. The highest BCUT2D eigenvalue weighted by Gasteiger charge is 2.70. The van der Waals surface area contributed by atoms with Crippen molar-refractivity contribution < 1.29 is 42.2 Å². The first kappa shape index (κ1) is 38.1. The van der Waals surface area contributed by atoms with E-state index >= 15 is 4.79 Å². The number of aromatic hydroxyl groups is 1. The quantitative estimate of drug-likeness (QED) is 0.150. The predicted molar refractivity (Wildman–Crippen MR) is 207 cm³/mol. The van der Waals surface area contributed by atoms with Gasteiger partial charge in [-0.2, -0.15) is 0 Å². The van der Waals surface area contributed by atoms with Gasteiger partial charge in [-0.25, -0.2) is 4.90 Å². The van der Waals surface area contributed by atoms with E-state index in [4.69, 9.17) is 11.6 Å². The van der Waals surface area contributed by atoms with Crippen LogP contribution in [0, 0.1) is 23.7 Å². The van der Waals surface area contributed by atoms with E-state index in [-0.39, 0.29) is 47.0 Å². The Morgan fingerprint density at radius 2 is 1.52 bits per heavy atom. The second kappa shape index (κ2) is 14.4. The molecule has 0 aromatic heterocycles. The van der Waals surface area contributed by atoms with Crippen molar-refractivity contribution in [2.75, 3.05) is 18.0 Å². The SMILES string of the molecule is O=C1[C@@H]2C[C@@H]3C(=CC[C@@H]4C(=O)N(C5CCN(Cc6ccccc6)CC5)C(=O)[C@@H]43)[C@H](c3cc(OC(F)(F)F)ccc3O)[C@]2(c2ccccc2)C(=O)N1c1cccc(Cl)c1. The number of rotatable bonds is 7. The summed E-state index contributed by atoms with van der Waals surface area (Å²) in [7, 11) is 0. The summed E-state index contributed by atoms with van der Waals surface area (Å²) in [5, 5.41) is 11.9. The Hall–Kier alpha value is -5.46. The van der Waals surface area contributed by atoms with Crippen molar-refractivity contribution >= 4 is 40.9 Å². The van der Waals surface area contributed by atoms with Gasteiger partial charge in [-0.05, 0) is 79.1 Å².